The van der Waals surface area contributed by atoms with E-state index in [1.807, 2.05) is 0 Å². The largest absolute Gasteiger partial charge is 0.301 e. The Bertz CT molecular complexity index is 415. The fraction of sp³-hybridized carbons (Fsp3) is 0.571. The molecule has 0 spiro atoms. The Morgan fingerprint density at radius 1 is 1.42 bits per heavy atom. The van der Waals surface area contributed by atoms with Gasteiger partial charge in [-0.2, -0.15) is 4.39 Å². The molecule has 0 aromatic carbocycles. The van der Waals surface area contributed by atoms with Crippen molar-refractivity contribution in [3.05, 3.63) is 28.2 Å². The van der Waals surface area contributed by atoms with Gasteiger partial charge in [0.05, 0.1) is 0 Å². The number of carbonyl (C=O) groups excluding carboxylic acids is 1. The highest BCUT2D eigenvalue weighted by Gasteiger charge is 2.14. The fourth-order valence-electron chi connectivity index (χ4n) is 2.14. The van der Waals surface area contributed by atoms with Gasteiger partial charge in [-0.1, -0.05) is 13.8 Å². The van der Waals surface area contributed by atoms with Crippen LogP contribution in [0.1, 0.15) is 44.0 Å². The van der Waals surface area contributed by atoms with Gasteiger partial charge in [0.1, 0.15) is 4.60 Å². The summed E-state index contributed by atoms with van der Waals surface area (Å²) >= 11 is 3.10. The maximum absolute atomic E-state index is 13.1. The summed E-state index contributed by atoms with van der Waals surface area (Å²) in [6.45, 7) is 8.28. The highest BCUT2D eigenvalue weighted by Crippen LogP contribution is 2.15. The number of nitrogens with zero attached hydrogens (tertiary/aromatic N) is 2. The molecule has 0 bridgehead atoms. The summed E-state index contributed by atoms with van der Waals surface area (Å²) < 4.78 is 13.5. The molecule has 106 valence electrons. The molecule has 0 fully saturated rings. The van der Waals surface area contributed by atoms with Crippen molar-refractivity contribution in [2.75, 3.05) is 13.1 Å². The number of halogens is 2. The first-order valence-electron chi connectivity index (χ1n) is 6.58. The number of carbonyl (C=O) groups is 1. The van der Waals surface area contributed by atoms with Crippen molar-refractivity contribution < 1.29 is 9.18 Å². The standard InChI is InChI=1S/C14H20BrFN2O/c1-4-18(5-2)10(3)6-7-12(19)11-8-13(15)17-14(16)9-11/h8-10H,4-7H2,1-3H3/t10-/m0/s1. The quantitative estimate of drug-likeness (QED) is 0.564. The first kappa shape index (κ1) is 16.2. The molecule has 0 amide bonds. The number of Topliss-reactive ketones (excluding diaryl/α,β-unsaturated/α-hetero) is 1. The Labute approximate surface area is 122 Å². The van der Waals surface area contributed by atoms with Crippen LogP contribution in [0.5, 0.6) is 0 Å². The van der Waals surface area contributed by atoms with Crippen molar-refractivity contribution in [3.63, 3.8) is 0 Å². The van der Waals surface area contributed by atoms with Crippen molar-refractivity contribution in [3.8, 4) is 0 Å². The summed E-state index contributed by atoms with van der Waals surface area (Å²) in [6, 6.07) is 3.11. The average Bonchev–Trinajstić information content (AvgIpc) is 2.36. The number of hydrogen-bond acceptors (Lipinski definition) is 3. The molecule has 0 N–H and O–H groups in total. The number of pyridine rings is 1. The van der Waals surface area contributed by atoms with E-state index in [0.29, 0.717) is 22.6 Å². The molecule has 1 heterocycles. The normalized spacial score (nSPS) is 12.7. The SMILES string of the molecule is CCN(CC)[C@@H](C)CCC(=O)c1cc(F)nc(Br)c1. The fourth-order valence-corrected chi connectivity index (χ4v) is 2.56. The minimum absolute atomic E-state index is 0.0407. The van der Waals surface area contributed by atoms with Crippen LogP contribution in [0.4, 0.5) is 4.39 Å². The van der Waals surface area contributed by atoms with Crippen molar-refractivity contribution in [1.82, 2.24) is 9.88 Å². The van der Waals surface area contributed by atoms with Gasteiger partial charge in [0, 0.05) is 24.1 Å². The van der Waals surface area contributed by atoms with Gasteiger partial charge in [0.15, 0.2) is 5.78 Å². The Balaban J connectivity index is 2.60. The summed E-state index contributed by atoms with van der Waals surface area (Å²) in [7, 11) is 0. The number of rotatable bonds is 7. The molecule has 1 atom stereocenters. The molecule has 0 unspecified atom stereocenters. The number of hydrogen-bond donors (Lipinski definition) is 0. The zero-order valence-electron chi connectivity index (χ0n) is 11.6. The van der Waals surface area contributed by atoms with Crippen molar-refractivity contribution in [2.45, 2.75) is 39.7 Å². The summed E-state index contributed by atoms with van der Waals surface area (Å²) in [5, 5.41) is 0. The summed E-state index contributed by atoms with van der Waals surface area (Å²) in [5.74, 6) is -0.671. The maximum atomic E-state index is 13.1. The summed E-state index contributed by atoms with van der Waals surface area (Å²) in [5.41, 5.74) is 0.381. The second-order valence-corrected chi connectivity index (χ2v) is 5.35. The first-order valence-corrected chi connectivity index (χ1v) is 7.37. The van der Waals surface area contributed by atoms with Gasteiger partial charge in [0.25, 0.3) is 0 Å². The Kier molecular flexibility index (Phi) is 6.58. The van der Waals surface area contributed by atoms with Crippen LogP contribution in [0, 0.1) is 5.95 Å². The molecule has 0 aliphatic carbocycles. The lowest BCUT2D eigenvalue weighted by molar-refractivity contribution is 0.0963. The van der Waals surface area contributed by atoms with Gasteiger partial charge in [-0.05, 0) is 48.4 Å². The third-order valence-electron chi connectivity index (χ3n) is 3.31. The third kappa shape index (κ3) is 4.99. The Hall–Kier alpha value is -0.810. The molecule has 0 saturated heterocycles. The van der Waals surface area contributed by atoms with E-state index in [-0.39, 0.29) is 5.78 Å². The first-order chi connectivity index (χ1) is 8.97. The second kappa shape index (κ2) is 7.70. The lowest BCUT2D eigenvalue weighted by Crippen LogP contribution is -2.33. The van der Waals surface area contributed by atoms with Crippen LogP contribution in [0.25, 0.3) is 0 Å². The molecule has 1 aromatic heterocycles. The molecule has 0 saturated carbocycles. The van der Waals surface area contributed by atoms with Gasteiger partial charge >= 0.3 is 0 Å². The zero-order valence-corrected chi connectivity index (χ0v) is 13.2. The van der Waals surface area contributed by atoms with Gasteiger partial charge in [-0.3, -0.25) is 4.79 Å². The molecule has 19 heavy (non-hydrogen) atoms. The lowest BCUT2D eigenvalue weighted by atomic mass is 10.0. The van der Waals surface area contributed by atoms with E-state index in [9.17, 15) is 9.18 Å². The van der Waals surface area contributed by atoms with Gasteiger partial charge < -0.3 is 4.90 Å². The van der Waals surface area contributed by atoms with Crippen molar-refractivity contribution in [2.24, 2.45) is 0 Å². The van der Waals surface area contributed by atoms with Crippen molar-refractivity contribution >= 4 is 21.7 Å². The van der Waals surface area contributed by atoms with E-state index in [1.165, 1.54) is 6.07 Å². The van der Waals surface area contributed by atoms with Crippen LogP contribution in [0.2, 0.25) is 0 Å². The number of ketones is 1. The predicted molar refractivity (Wildman–Crippen MR) is 77.8 cm³/mol. The highest BCUT2D eigenvalue weighted by molar-refractivity contribution is 9.10. The van der Waals surface area contributed by atoms with E-state index in [4.69, 9.17) is 0 Å². The van der Waals surface area contributed by atoms with E-state index in [0.717, 1.165) is 19.5 Å². The molecule has 3 nitrogen and oxygen atoms in total. The minimum Gasteiger partial charge on any atom is -0.301 e. The topological polar surface area (TPSA) is 33.2 Å². The van der Waals surface area contributed by atoms with E-state index >= 15 is 0 Å². The van der Waals surface area contributed by atoms with Gasteiger partial charge in [-0.15, -0.1) is 0 Å². The molecular formula is C14H20BrFN2O. The van der Waals surface area contributed by atoms with E-state index in [2.05, 4.69) is 46.6 Å². The molecule has 0 aliphatic heterocycles. The second-order valence-electron chi connectivity index (χ2n) is 4.53. The van der Waals surface area contributed by atoms with Gasteiger partial charge in [0.2, 0.25) is 5.95 Å². The molecule has 5 heteroatoms. The maximum Gasteiger partial charge on any atom is 0.214 e. The minimum atomic E-state index is -0.630. The zero-order chi connectivity index (χ0) is 14.4. The van der Waals surface area contributed by atoms with Crippen LogP contribution in [0.3, 0.4) is 0 Å². The Morgan fingerprint density at radius 3 is 2.58 bits per heavy atom. The number of aromatic nitrogens is 1. The van der Waals surface area contributed by atoms with Crippen LogP contribution in [0.15, 0.2) is 16.7 Å². The predicted octanol–water partition coefficient (Wildman–Crippen LogP) is 3.68. The molecular weight excluding hydrogens is 311 g/mol. The highest BCUT2D eigenvalue weighted by atomic mass is 79.9. The van der Waals surface area contributed by atoms with Crippen LogP contribution >= 0.6 is 15.9 Å². The van der Waals surface area contributed by atoms with Crippen LogP contribution in [-0.4, -0.2) is 34.8 Å². The van der Waals surface area contributed by atoms with Crippen molar-refractivity contribution in [1.29, 1.82) is 0 Å². The van der Waals surface area contributed by atoms with Crippen LogP contribution < -0.4 is 0 Å². The molecule has 1 rings (SSSR count). The lowest BCUT2D eigenvalue weighted by Gasteiger charge is -2.26. The summed E-state index contributed by atoms with van der Waals surface area (Å²) in [6.07, 6.45) is 1.20. The molecule has 1 aromatic rings. The van der Waals surface area contributed by atoms with Gasteiger partial charge in [-0.25, -0.2) is 4.98 Å². The molecule has 0 radical (unpaired) electrons. The van der Waals surface area contributed by atoms with E-state index in [1.54, 1.807) is 6.07 Å². The smallest absolute Gasteiger partial charge is 0.214 e. The average molecular weight is 331 g/mol. The third-order valence-corrected chi connectivity index (χ3v) is 3.72. The Morgan fingerprint density at radius 2 is 2.05 bits per heavy atom. The molecule has 0 aliphatic rings. The monoisotopic (exact) mass is 330 g/mol. The van der Waals surface area contributed by atoms with Crippen LogP contribution in [-0.2, 0) is 0 Å². The van der Waals surface area contributed by atoms with E-state index < -0.39 is 5.95 Å². The summed E-state index contributed by atoms with van der Waals surface area (Å²) in [4.78, 5) is 17.9.